The Labute approximate surface area is 102 Å². The molecule has 1 aromatic rings. The van der Waals surface area contributed by atoms with Crippen LogP contribution in [0.2, 0.25) is 0 Å². The second-order valence-corrected chi connectivity index (χ2v) is 5.12. The van der Waals surface area contributed by atoms with E-state index in [4.69, 9.17) is 9.47 Å². The van der Waals surface area contributed by atoms with E-state index < -0.39 is 5.79 Å². The van der Waals surface area contributed by atoms with Crippen molar-refractivity contribution in [1.29, 1.82) is 0 Å². The molecule has 1 aliphatic heterocycles. The molecule has 0 spiro atoms. The SMILES string of the molecule is CC(O)Cc1cccc(C2COC(C)(C)O2)c1. The van der Waals surface area contributed by atoms with Gasteiger partial charge in [-0.1, -0.05) is 24.3 Å². The molecule has 1 N–H and O–H groups in total. The Hall–Kier alpha value is -0.900. The minimum absolute atomic E-state index is 0.000973. The molecule has 0 amide bonds. The first-order valence-electron chi connectivity index (χ1n) is 6.05. The van der Waals surface area contributed by atoms with Gasteiger partial charge in [-0.15, -0.1) is 0 Å². The van der Waals surface area contributed by atoms with Crippen molar-refractivity contribution in [3.8, 4) is 0 Å². The number of hydrogen-bond acceptors (Lipinski definition) is 3. The lowest BCUT2D eigenvalue weighted by Crippen LogP contribution is -2.19. The van der Waals surface area contributed by atoms with Crippen molar-refractivity contribution in [3.63, 3.8) is 0 Å². The number of aliphatic hydroxyl groups excluding tert-OH is 1. The van der Waals surface area contributed by atoms with E-state index in [-0.39, 0.29) is 12.2 Å². The van der Waals surface area contributed by atoms with Crippen LogP contribution in [0.3, 0.4) is 0 Å². The first kappa shape index (κ1) is 12.6. The summed E-state index contributed by atoms with van der Waals surface area (Å²) >= 11 is 0. The number of hydrogen-bond donors (Lipinski definition) is 1. The predicted octanol–water partition coefficient (Wildman–Crippen LogP) is 2.43. The summed E-state index contributed by atoms with van der Waals surface area (Å²) in [7, 11) is 0. The molecule has 3 heteroatoms. The molecule has 1 fully saturated rings. The van der Waals surface area contributed by atoms with E-state index >= 15 is 0 Å². The van der Waals surface area contributed by atoms with Gasteiger partial charge < -0.3 is 14.6 Å². The fourth-order valence-corrected chi connectivity index (χ4v) is 2.11. The Bertz CT molecular complexity index is 385. The van der Waals surface area contributed by atoms with Crippen LogP contribution in [0.5, 0.6) is 0 Å². The molecule has 2 unspecified atom stereocenters. The maximum Gasteiger partial charge on any atom is 0.163 e. The fourth-order valence-electron chi connectivity index (χ4n) is 2.11. The lowest BCUT2D eigenvalue weighted by molar-refractivity contribution is -0.139. The zero-order valence-electron chi connectivity index (χ0n) is 10.6. The van der Waals surface area contributed by atoms with Crippen LogP contribution in [0.15, 0.2) is 24.3 Å². The molecule has 0 saturated carbocycles. The van der Waals surface area contributed by atoms with Crippen LogP contribution in [-0.4, -0.2) is 23.6 Å². The van der Waals surface area contributed by atoms with E-state index in [1.165, 1.54) is 0 Å². The zero-order chi connectivity index (χ0) is 12.5. The van der Waals surface area contributed by atoms with Gasteiger partial charge in [-0.2, -0.15) is 0 Å². The summed E-state index contributed by atoms with van der Waals surface area (Å²) in [6, 6.07) is 8.15. The highest BCUT2D eigenvalue weighted by atomic mass is 16.7. The van der Waals surface area contributed by atoms with Crippen molar-refractivity contribution < 1.29 is 14.6 Å². The third-order valence-corrected chi connectivity index (χ3v) is 2.86. The predicted molar refractivity (Wildman–Crippen MR) is 65.7 cm³/mol. The molecule has 1 aliphatic rings. The van der Waals surface area contributed by atoms with E-state index in [2.05, 4.69) is 6.07 Å². The average Bonchev–Trinajstić information content (AvgIpc) is 2.58. The Morgan fingerprint density at radius 2 is 2.24 bits per heavy atom. The topological polar surface area (TPSA) is 38.7 Å². The van der Waals surface area contributed by atoms with Gasteiger partial charge in [0.25, 0.3) is 0 Å². The molecular formula is C14H20O3. The third kappa shape index (κ3) is 3.28. The summed E-state index contributed by atoms with van der Waals surface area (Å²) in [4.78, 5) is 0. The molecule has 1 saturated heterocycles. The van der Waals surface area contributed by atoms with Crippen LogP contribution >= 0.6 is 0 Å². The zero-order valence-corrected chi connectivity index (χ0v) is 10.6. The first-order valence-corrected chi connectivity index (χ1v) is 6.05. The summed E-state index contributed by atoms with van der Waals surface area (Å²) in [6.45, 7) is 6.23. The number of ether oxygens (including phenoxy) is 2. The first-order chi connectivity index (χ1) is 7.96. The summed E-state index contributed by atoms with van der Waals surface area (Å²) < 4.78 is 11.4. The monoisotopic (exact) mass is 236 g/mol. The van der Waals surface area contributed by atoms with Gasteiger partial charge in [0.2, 0.25) is 0 Å². The Morgan fingerprint density at radius 3 is 2.82 bits per heavy atom. The van der Waals surface area contributed by atoms with Crippen LogP contribution in [0, 0.1) is 0 Å². The van der Waals surface area contributed by atoms with Crippen molar-refractivity contribution in [2.45, 2.75) is 45.2 Å². The smallest absolute Gasteiger partial charge is 0.163 e. The van der Waals surface area contributed by atoms with Gasteiger partial charge in [0.1, 0.15) is 6.10 Å². The molecule has 2 atom stereocenters. The van der Waals surface area contributed by atoms with Gasteiger partial charge in [0.15, 0.2) is 5.79 Å². The summed E-state index contributed by atoms with van der Waals surface area (Å²) in [6.07, 6.45) is 0.353. The Kier molecular flexibility index (Phi) is 3.52. The lowest BCUT2D eigenvalue weighted by atomic mass is 10.0. The van der Waals surface area contributed by atoms with Crippen molar-refractivity contribution in [2.75, 3.05) is 6.61 Å². The van der Waals surface area contributed by atoms with Gasteiger partial charge in [-0.05, 0) is 38.3 Å². The maximum absolute atomic E-state index is 9.39. The van der Waals surface area contributed by atoms with Gasteiger partial charge in [0.05, 0.1) is 12.7 Å². The molecule has 1 heterocycles. The van der Waals surface area contributed by atoms with Crippen LogP contribution < -0.4 is 0 Å². The van der Waals surface area contributed by atoms with Crippen LogP contribution in [0.1, 0.15) is 38.0 Å². The van der Waals surface area contributed by atoms with Gasteiger partial charge in [0, 0.05) is 0 Å². The Balaban J connectivity index is 2.11. The minimum Gasteiger partial charge on any atom is -0.393 e. The molecule has 1 aromatic carbocycles. The van der Waals surface area contributed by atoms with E-state index in [1.54, 1.807) is 6.92 Å². The second kappa shape index (κ2) is 4.77. The fraction of sp³-hybridized carbons (Fsp3) is 0.571. The Morgan fingerprint density at radius 1 is 1.47 bits per heavy atom. The largest absolute Gasteiger partial charge is 0.393 e. The highest BCUT2D eigenvalue weighted by Gasteiger charge is 2.33. The lowest BCUT2D eigenvalue weighted by Gasteiger charge is -2.17. The average molecular weight is 236 g/mol. The van der Waals surface area contributed by atoms with Gasteiger partial charge >= 0.3 is 0 Å². The molecule has 0 aromatic heterocycles. The molecule has 3 nitrogen and oxygen atoms in total. The van der Waals surface area contributed by atoms with Gasteiger partial charge in [-0.3, -0.25) is 0 Å². The van der Waals surface area contributed by atoms with Crippen LogP contribution in [0.4, 0.5) is 0 Å². The van der Waals surface area contributed by atoms with E-state index in [9.17, 15) is 5.11 Å². The molecular weight excluding hydrogens is 216 g/mol. The highest BCUT2D eigenvalue weighted by Crippen LogP contribution is 2.33. The molecule has 0 aliphatic carbocycles. The normalized spacial score (nSPS) is 24.8. The molecule has 0 bridgehead atoms. The second-order valence-electron chi connectivity index (χ2n) is 5.12. The van der Waals surface area contributed by atoms with E-state index in [1.807, 2.05) is 32.0 Å². The van der Waals surface area contributed by atoms with Crippen LogP contribution in [0.25, 0.3) is 0 Å². The maximum atomic E-state index is 9.39. The van der Waals surface area contributed by atoms with Crippen LogP contribution in [-0.2, 0) is 15.9 Å². The summed E-state index contributed by atoms with van der Waals surface area (Å²) in [5, 5.41) is 9.39. The number of aliphatic hydroxyl groups is 1. The van der Waals surface area contributed by atoms with Crippen molar-refractivity contribution in [2.24, 2.45) is 0 Å². The van der Waals surface area contributed by atoms with Gasteiger partial charge in [-0.25, -0.2) is 0 Å². The number of rotatable bonds is 3. The molecule has 94 valence electrons. The summed E-state index contributed by atoms with van der Waals surface area (Å²) in [5.74, 6) is -0.495. The van der Waals surface area contributed by atoms with Crippen molar-refractivity contribution in [3.05, 3.63) is 35.4 Å². The van der Waals surface area contributed by atoms with Crippen molar-refractivity contribution >= 4 is 0 Å². The minimum atomic E-state index is -0.495. The molecule has 17 heavy (non-hydrogen) atoms. The highest BCUT2D eigenvalue weighted by molar-refractivity contribution is 5.26. The van der Waals surface area contributed by atoms with Crippen molar-refractivity contribution in [1.82, 2.24) is 0 Å². The third-order valence-electron chi connectivity index (χ3n) is 2.86. The van der Waals surface area contributed by atoms with E-state index in [0.29, 0.717) is 13.0 Å². The summed E-state index contributed by atoms with van der Waals surface area (Å²) in [5.41, 5.74) is 2.25. The molecule has 2 rings (SSSR count). The number of benzene rings is 1. The molecule has 0 radical (unpaired) electrons. The quantitative estimate of drug-likeness (QED) is 0.876. The standard InChI is InChI=1S/C14H20O3/c1-10(15)7-11-5-4-6-12(8-11)13-9-16-14(2,3)17-13/h4-6,8,10,13,15H,7,9H2,1-3H3. The van der Waals surface area contributed by atoms with E-state index in [0.717, 1.165) is 11.1 Å².